The lowest BCUT2D eigenvalue weighted by atomic mass is 10.0. The van der Waals surface area contributed by atoms with Gasteiger partial charge < -0.3 is 10.2 Å². The zero-order valence-electron chi connectivity index (χ0n) is 15.1. The molecular formula is C19H30FN3O. The molecule has 1 amide bonds. The maximum Gasteiger partial charge on any atom is 0.244 e. The van der Waals surface area contributed by atoms with Crippen LogP contribution in [0.3, 0.4) is 0 Å². The Hall–Kier alpha value is -1.46. The number of nitrogens with zero attached hydrogens (tertiary/aromatic N) is 2. The second-order valence-corrected chi connectivity index (χ2v) is 6.63. The molecule has 1 aliphatic rings. The Bertz CT molecular complexity index is 514. The largest absolute Gasteiger partial charge is 0.341 e. The van der Waals surface area contributed by atoms with E-state index in [-0.39, 0.29) is 17.8 Å². The Balaban J connectivity index is 2.30. The summed E-state index contributed by atoms with van der Waals surface area (Å²) in [5.41, 5.74) is 0.882. The number of hydrogen-bond donors (Lipinski definition) is 1. The van der Waals surface area contributed by atoms with Gasteiger partial charge in [0.05, 0.1) is 0 Å². The molecule has 24 heavy (non-hydrogen) atoms. The second kappa shape index (κ2) is 9.14. The highest BCUT2D eigenvalue weighted by Gasteiger charge is 2.33. The zero-order valence-corrected chi connectivity index (χ0v) is 15.1. The first kappa shape index (κ1) is 18.9. The number of benzene rings is 1. The van der Waals surface area contributed by atoms with Crippen molar-refractivity contribution in [2.24, 2.45) is 0 Å². The molecule has 134 valence electrons. The van der Waals surface area contributed by atoms with Gasteiger partial charge in [-0.25, -0.2) is 4.39 Å². The summed E-state index contributed by atoms with van der Waals surface area (Å²) < 4.78 is 13.3. The van der Waals surface area contributed by atoms with Gasteiger partial charge in [0.15, 0.2) is 0 Å². The van der Waals surface area contributed by atoms with Crippen molar-refractivity contribution in [2.45, 2.75) is 45.7 Å². The lowest BCUT2D eigenvalue weighted by Gasteiger charge is -2.39. The van der Waals surface area contributed by atoms with Gasteiger partial charge in [0, 0.05) is 38.8 Å². The normalized spacial score (nSPS) is 19.9. The molecule has 0 aliphatic carbocycles. The van der Waals surface area contributed by atoms with Crippen LogP contribution < -0.4 is 5.32 Å². The number of nitrogens with one attached hydrogen (secondary N) is 1. The molecule has 0 radical (unpaired) electrons. The predicted molar refractivity (Wildman–Crippen MR) is 95.3 cm³/mol. The van der Waals surface area contributed by atoms with Gasteiger partial charge in [-0.1, -0.05) is 26.0 Å². The van der Waals surface area contributed by atoms with E-state index < -0.39 is 0 Å². The maximum atomic E-state index is 13.3. The van der Waals surface area contributed by atoms with E-state index >= 15 is 0 Å². The molecule has 2 unspecified atom stereocenters. The average Bonchev–Trinajstić information content (AvgIpc) is 2.57. The molecule has 0 saturated carbocycles. The minimum absolute atomic E-state index is 0.138. The van der Waals surface area contributed by atoms with Crippen LogP contribution in [0.4, 0.5) is 4.39 Å². The molecule has 1 saturated heterocycles. The lowest BCUT2D eigenvalue weighted by molar-refractivity contribution is -0.138. The average molecular weight is 335 g/mol. The summed E-state index contributed by atoms with van der Waals surface area (Å²) in [6.45, 7) is 10.4. The van der Waals surface area contributed by atoms with E-state index in [1.165, 1.54) is 12.1 Å². The summed E-state index contributed by atoms with van der Waals surface area (Å²) in [6, 6.07) is 6.42. The van der Waals surface area contributed by atoms with E-state index in [0.717, 1.165) is 51.1 Å². The summed E-state index contributed by atoms with van der Waals surface area (Å²) in [6.07, 6.45) is 1.89. The van der Waals surface area contributed by atoms with Crippen LogP contribution in [0.5, 0.6) is 0 Å². The van der Waals surface area contributed by atoms with Crippen LogP contribution in [-0.2, 0) is 4.79 Å². The van der Waals surface area contributed by atoms with Crippen molar-refractivity contribution in [1.82, 2.24) is 15.1 Å². The molecule has 1 fully saturated rings. The van der Waals surface area contributed by atoms with E-state index in [1.54, 1.807) is 12.1 Å². The topological polar surface area (TPSA) is 35.6 Å². The molecule has 1 N–H and O–H groups in total. The Morgan fingerprint density at radius 2 is 1.92 bits per heavy atom. The van der Waals surface area contributed by atoms with Gasteiger partial charge in [-0.15, -0.1) is 0 Å². The van der Waals surface area contributed by atoms with Crippen LogP contribution >= 0.6 is 0 Å². The van der Waals surface area contributed by atoms with Crippen LogP contribution in [-0.4, -0.2) is 54.5 Å². The molecule has 2 rings (SSSR count). The third-order valence-electron chi connectivity index (χ3n) is 4.48. The molecular weight excluding hydrogens is 305 g/mol. The number of carbonyl (C=O) groups excluding carboxylic acids is 1. The summed E-state index contributed by atoms with van der Waals surface area (Å²) in [5.74, 6) is -0.128. The maximum absolute atomic E-state index is 13.3. The Morgan fingerprint density at radius 1 is 1.29 bits per heavy atom. The van der Waals surface area contributed by atoms with Gasteiger partial charge in [-0.2, -0.15) is 0 Å². The SMILES string of the molecule is CCCN(CCC)C(=O)C(c1ccc(F)cc1)N1CCNC(C)C1. The van der Waals surface area contributed by atoms with Crippen LogP contribution in [0.15, 0.2) is 24.3 Å². The minimum Gasteiger partial charge on any atom is -0.341 e. The first-order chi connectivity index (χ1) is 11.6. The molecule has 0 aromatic heterocycles. The predicted octanol–water partition coefficient (Wildman–Crippen LogP) is 2.81. The quantitative estimate of drug-likeness (QED) is 0.832. The first-order valence-corrected chi connectivity index (χ1v) is 9.08. The number of halogens is 1. The zero-order chi connectivity index (χ0) is 17.5. The summed E-state index contributed by atoms with van der Waals surface area (Å²) in [4.78, 5) is 17.5. The molecule has 1 aliphatic heterocycles. The molecule has 2 atom stereocenters. The molecule has 4 nitrogen and oxygen atoms in total. The lowest BCUT2D eigenvalue weighted by Crippen LogP contribution is -2.53. The van der Waals surface area contributed by atoms with Gasteiger partial charge in [0.2, 0.25) is 5.91 Å². The fourth-order valence-corrected chi connectivity index (χ4v) is 3.40. The molecule has 1 aromatic rings. The van der Waals surface area contributed by atoms with Gasteiger partial charge in [-0.05, 0) is 37.5 Å². The van der Waals surface area contributed by atoms with Crippen LogP contribution in [0.1, 0.15) is 45.2 Å². The van der Waals surface area contributed by atoms with Crippen molar-refractivity contribution in [2.75, 3.05) is 32.7 Å². The van der Waals surface area contributed by atoms with Crippen molar-refractivity contribution in [3.63, 3.8) is 0 Å². The first-order valence-electron chi connectivity index (χ1n) is 9.08. The molecule has 0 spiro atoms. The summed E-state index contributed by atoms with van der Waals surface area (Å²) in [7, 11) is 0. The Morgan fingerprint density at radius 3 is 2.46 bits per heavy atom. The number of piperazine rings is 1. The fraction of sp³-hybridized carbons (Fsp3) is 0.632. The molecule has 1 aromatic carbocycles. The van der Waals surface area contributed by atoms with E-state index in [9.17, 15) is 9.18 Å². The second-order valence-electron chi connectivity index (χ2n) is 6.63. The van der Waals surface area contributed by atoms with Crippen LogP contribution in [0, 0.1) is 5.82 Å². The van der Waals surface area contributed by atoms with Gasteiger partial charge in [0.25, 0.3) is 0 Å². The highest BCUT2D eigenvalue weighted by Crippen LogP contribution is 2.25. The molecule has 1 heterocycles. The number of amides is 1. The Labute approximate surface area is 145 Å². The van der Waals surface area contributed by atoms with Crippen molar-refractivity contribution < 1.29 is 9.18 Å². The van der Waals surface area contributed by atoms with Gasteiger partial charge >= 0.3 is 0 Å². The molecule has 5 heteroatoms. The smallest absolute Gasteiger partial charge is 0.244 e. The third kappa shape index (κ3) is 4.77. The van der Waals surface area contributed by atoms with Crippen molar-refractivity contribution >= 4 is 5.91 Å². The van der Waals surface area contributed by atoms with E-state index in [4.69, 9.17) is 0 Å². The summed E-state index contributed by atoms with van der Waals surface area (Å²) >= 11 is 0. The molecule has 0 bridgehead atoms. The monoisotopic (exact) mass is 335 g/mol. The van der Waals surface area contributed by atoms with Crippen molar-refractivity contribution in [3.05, 3.63) is 35.6 Å². The third-order valence-corrected chi connectivity index (χ3v) is 4.48. The number of rotatable bonds is 7. The minimum atomic E-state index is -0.326. The highest BCUT2D eigenvalue weighted by molar-refractivity contribution is 5.83. The van der Waals surface area contributed by atoms with Crippen molar-refractivity contribution in [1.29, 1.82) is 0 Å². The van der Waals surface area contributed by atoms with E-state index in [1.807, 2.05) is 4.90 Å². The van der Waals surface area contributed by atoms with Crippen LogP contribution in [0.25, 0.3) is 0 Å². The van der Waals surface area contributed by atoms with E-state index in [2.05, 4.69) is 31.0 Å². The Kier molecular flexibility index (Phi) is 7.18. The van der Waals surface area contributed by atoms with Crippen LogP contribution in [0.2, 0.25) is 0 Å². The van der Waals surface area contributed by atoms with Gasteiger partial charge in [-0.3, -0.25) is 9.69 Å². The standard InChI is InChI=1S/C19H30FN3O/c1-4-11-22(12-5-2)19(24)18(16-6-8-17(20)9-7-16)23-13-10-21-15(3)14-23/h6-9,15,18,21H,4-5,10-14H2,1-3H3. The fourth-order valence-electron chi connectivity index (χ4n) is 3.40. The summed E-state index contributed by atoms with van der Waals surface area (Å²) in [5, 5.41) is 3.42. The van der Waals surface area contributed by atoms with Gasteiger partial charge in [0.1, 0.15) is 11.9 Å². The number of hydrogen-bond acceptors (Lipinski definition) is 3. The van der Waals surface area contributed by atoms with Crippen molar-refractivity contribution in [3.8, 4) is 0 Å². The highest BCUT2D eigenvalue weighted by atomic mass is 19.1. The van der Waals surface area contributed by atoms with E-state index in [0.29, 0.717) is 6.04 Å². The number of carbonyl (C=O) groups is 1.